The van der Waals surface area contributed by atoms with Gasteiger partial charge in [0.05, 0.1) is 6.54 Å². The summed E-state index contributed by atoms with van der Waals surface area (Å²) >= 11 is 0. The van der Waals surface area contributed by atoms with Gasteiger partial charge >= 0.3 is 0 Å². The van der Waals surface area contributed by atoms with Crippen LogP contribution in [0.5, 0.6) is 0 Å². The van der Waals surface area contributed by atoms with Crippen molar-refractivity contribution in [3.63, 3.8) is 0 Å². The molecule has 6 heteroatoms. The molecule has 0 aromatic rings. The van der Waals surface area contributed by atoms with Gasteiger partial charge in [0.25, 0.3) is 0 Å². The molecule has 2 bridgehead atoms. The lowest BCUT2D eigenvalue weighted by Gasteiger charge is -2.33. The van der Waals surface area contributed by atoms with Crippen LogP contribution < -0.4 is 16.0 Å². The SMILES string of the molecule is CCCNC(=O)CN1CCC(NC(=O)CC2CC3CCC(C2)N3)CC1. The third kappa shape index (κ3) is 5.68. The summed E-state index contributed by atoms with van der Waals surface area (Å²) in [5.74, 6) is 0.899. The second-order valence-electron chi connectivity index (χ2n) is 8.15. The molecule has 3 N–H and O–H groups in total. The fourth-order valence-electron chi connectivity index (χ4n) is 4.65. The number of nitrogens with zero attached hydrogens (tertiary/aromatic N) is 1. The molecular formula is C19H34N4O2. The van der Waals surface area contributed by atoms with Gasteiger partial charge in [0.1, 0.15) is 0 Å². The van der Waals surface area contributed by atoms with Crippen molar-refractivity contribution in [1.29, 1.82) is 0 Å². The number of fused-ring (bicyclic) bond motifs is 2. The third-order valence-electron chi connectivity index (χ3n) is 5.94. The van der Waals surface area contributed by atoms with Crippen LogP contribution in [0.3, 0.4) is 0 Å². The Morgan fingerprint density at radius 3 is 2.36 bits per heavy atom. The molecule has 3 saturated heterocycles. The van der Waals surface area contributed by atoms with Gasteiger partial charge in [0, 0.05) is 44.2 Å². The zero-order chi connectivity index (χ0) is 17.6. The van der Waals surface area contributed by atoms with Gasteiger partial charge < -0.3 is 16.0 Å². The Morgan fingerprint density at radius 2 is 1.72 bits per heavy atom. The molecule has 0 aromatic heterocycles. The van der Waals surface area contributed by atoms with Crippen LogP contribution in [0, 0.1) is 5.92 Å². The molecule has 142 valence electrons. The molecule has 3 aliphatic rings. The average Bonchev–Trinajstić information content (AvgIpc) is 2.93. The molecule has 2 amide bonds. The summed E-state index contributed by atoms with van der Waals surface area (Å²) in [6.45, 7) is 5.08. The fourth-order valence-corrected chi connectivity index (χ4v) is 4.65. The normalized spacial score (nSPS) is 30.2. The summed E-state index contributed by atoms with van der Waals surface area (Å²) < 4.78 is 0. The summed E-state index contributed by atoms with van der Waals surface area (Å²) in [6, 6.07) is 1.58. The highest BCUT2D eigenvalue weighted by Crippen LogP contribution is 2.32. The summed E-state index contributed by atoms with van der Waals surface area (Å²) in [7, 11) is 0. The molecule has 25 heavy (non-hydrogen) atoms. The Labute approximate surface area is 151 Å². The van der Waals surface area contributed by atoms with E-state index in [2.05, 4.69) is 27.8 Å². The molecule has 0 aliphatic carbocycles. The maximum absolute atomic E-state index is 12.4. The van der Waals surface area contributed by atoms with Crippen LogP contribution in [0.15, 0.2) is 0 Å². The second-order valence-corrected chi connectivity index (χ2v) is 8.15. The van der Waals surface area contributed by atoms with Gasteiger partial charge in [-0.3, -0.25) is 14.5 Å². The molecule has 3 aliphatic heterocycles. The predicted octanol–water partition coefficient (Wildman–Crippen LogP) is 1.01. The van der Waals surface area contributed by atoms with E-state index in [4.69, 9.17) is 0 Å². The number of carbonyl (C=O) groups is 2. The van der Waals surface area contributed by atoms with Gasteiger partial charge in [-0.25, -0.2) is 0 Å². The Morgan fingerprint density at radius 1 is 1.04 bits per heavy atom. The van der Waals surface area contributed by atoms with Crippen molar-refractivity contribution in [1.82, 2.24) is 20.9 Å². The lowest BCUT2D eigenvalue weighted by molar-refractivity contribution is -0.124. The van der Waals surface area contributed by atoms with Crippen molar-refractivity contribution in [3.05, 3.63) is 0 Å². The molecule has 0 saturated carbocycles. The lowest BCUT2D eigenvalue weighted by Crippen LogP contribution is -2.48. The van der Waals surface area contributed by atoms with E-state index in [-0.39, 0.29) is 17.9 Å². The quantitative estimate of drug-likeness (QED) is 0.641. The van der Waals surface area contributed by atoms with E-state index < -0.39 is 0 Å². The first kappa shape index (κ1) is 18.6. The van der Waals surface area contributed by atoms with E-state index in [1.54, 1.807) is 0 Å². The van der Waals surface area contributed by atoms with Crippen molar-refractivity contribution in [2.45, 2.75) is 76.4 Å². The summed E-state index contributed by atoms with van der Waals surface area (Å²) in [6.07, 6.45) is 8.45. The van der Waals surface area contributed by atoms with E-state index in [1.807, 2.05) is 0 Å². The first-order valence-electron chi connectivity index (χ1n) is 10.2. The number of hydrogen-bond donors (Lipinski definition) is 3. The zero-order valence-corrected chi connectivity index (χ0v) is 15.6. The van der Waals surface area contributed by atoms with Crippen molar-refractivity contribution >= 4 is 11.8 Å². The minimum absolute atomic E-state index is 0.116. The molecule has 3 fully saturated rings. The van der Waals surface area contributed by atoms with Gasteiger partial charge in [-0.05, 0) is 50.9 Å². The smallest absolute Gasteiger partial charge is 0.234 e. The number of amides is 2. The zero-order valence-electron chi connectivity index (χ0n) is 15.6. The van der Waals surface area contributed by atoms with E-state index >= 15 is 0 Å². The molecule has 2 unspecified atom stereocenters. The Bertz CT molecular complexity index is 450. The van der Waals surface area contributed by atoms with Crippen LogP contribution in [-0.4, -0.2) is 61.0 Å². The fraction of sp³-hybridized carbons (Fsp3) is 0.895. The van der Waals surface area contributed by atoms with Crippen LogP contribution in [0.25, 0.3) is 0 Å². The monoisotopic (exact) mass is 350 g/mol. The topological polar surface area (TPSA) is 73.5 Å². The number of nitrogens with one attached hydrogen (secondary N) is 3. The second kappa shape index (κ2) is 8.99. The van der Waals surface area contributed by atoms with E-state index in [1.165, 1.54) is 12.8 Å². The standard InChI is InChI=1S/C19H34N4O2/c1-2-7-20-19(25)13-23-8-5-15(6-9-23)22-18(24)12-14-10-16-3-4-17(11-14)21-16/h14-17,21H,2-13H2,1H3,(H,20,25)(H,22,24). The minimum atomic E-state index is 0.116. The van der Waals surface area contributed by atoms with Crippen molar-refractivity contribution in [2.75, 3.05) is 26.2 Å². The van der Waals surface area contributed by atoms with Crippen LogP contribution in [0.4, 0.5) is 0 Å². The first-order chi connectivity index (χ1) is 12.1. The maximum Gasteiger partial charge on any atom is 0.234 e. The van der Waals surface area contributed by atoms with Gasteiger partial charge in [0.15, 0.2) is 0 Å². The average molecular weight is 351 g/mol. The van der Waals surface area contributed by atoms with Crippen molar-refractivity contribution in [3.8, 4) is 0 Å². The number of piperidine rings is 2. The highest BCUT2D eigenvalue weighted by molar-refractivity contribution is 5.78. The largest absolute Gasteiger partial charge is 0.355 e. The summed E-state index contributed by atoms with van der Waals surface area (Å²) in [5.41, 5.74) is 0. The predicted molar refractivity (Wildman–Crippen MR) is 98.2 cm³/mol. The Balaban J connectivity index is 1.32. The van der Waals surface area contributed by atoms with Gasteiger partial charge in [-0.15, -0.1) is 0 Å². The van der Waals surface area contributed by atoms with Gasteiger partial charge in [-0.2, -0.15) is 0 Å². The summed E-state index contributed by atoms with van der Waals surface area (Å²) in [5, 5.41) is 9.80. The lowest BCUT2D eigenvalue weighted by atomic mass is 9.89. The Hall–Kier alpha value is -1.14. The van der Waals surface area contributed by atoms with Crippen LogP contribution >= 0.6 is 0 Å². The molecule has 0 spiro atoms. The molecule has 6 nitrogen and oxygen atoms in total. The van der Waals surface area contributed by atoms with E-state index in [0.717, 1.165) is 51.7 Å². The molecule has 0 radical (unpaired) electrons. The molecule has 3 heterocycles. The number of hydrogen-bond acceptors (Lipinski definition) is 4. The van der Waals surface area contributed by atoms with Crippen LogP contribution in [0.1, 0.15) is 58.3 Å². The van der Waals surface area contributed by atoms with Crippen molar-refractivity contribution < 1.29 is 9.59 Å². The minimum Gasteiger partial charge on any atom is -0.355 e. The molecule has 0 aromatic carbocycles. The summed E-state index contributed by atoms with van der Waals surface area (Å²) in [4.78, 5) is 26.4. The maximum atomic E-state index is 12.4. The highest BCUT2D eigenvalue weighted by Gasteiger charge is 2.34. The third-order valence-corrected chi connectivity index (χ3v) is 5.94. The van der Waals surface area contributed by atoms with E-state index in [0.29, 0.717) is 31.0 Å². The first-order valence-corrected chi connectivity index (χ1v) is 10.2. The number of likely N-dealkylation sites (tertiary alicyclic amines) is 1. The highest BCUT2D eigenvalue weighted by atomic mass is 16.2. The molecular weight excluding hydrogens is 316 g/mol. The van der Waals surface area contributed by atoms with E-state index in [9.17, 15) is 9.59 Å². The van der Waals surface area contributed by atoms with Crippen LogP contribution in [0.2, 0.25) is 0 Å². The van der Waals surface area contributed by atoms with Gasteiger partial charge in [-0.1, -0.05) is 6.92 Å². The molecule has 3 rings (SSSR count). The number of carbonyl (C=O) groups excluding carboxylic acids is 2. The Kier molecular flexibility index (Phi) is 6.70. The molecule has 2 atom stereocenters. The van der Waals surface area contributed by atoms with Crippen molar-refractivity contribution in [2.24, 2.45) is 5.92 Å². The van der Waals surface area contributed by atoms with Gasteiger partial charge in [0.2, 0.25) is 11.8 Å². The van der Waals surface area contributed by atoms with Crippen LogP contribution in [-0.2, 0) is 9.59 Å². The number of rotatable bonds is 7.